The quantitative estimate of drug-likeness (QED) is 0.729. The van der Waals surface area contributed by atoms with Crippen molar-refractivity contribution in [1.29, 1.82) is 0 Å². The minimum absolute atomic E-state index is 2.52. The molecule has 2 aliphatic rings. The number of alkyl halides is 2. The summed E-state index contributed by atoms with van der Waals surface area (Å²) in [5.41, 5.74) is -13.3. The summed E-state index contributed by atoms with van der Waals surface area (Å²) >= 11 is 0. The molecule has 0 bridgehead atoms. The average Bonchev–Trinajstić information content (AvgIpc) is 2.46. The van der Waals surface area contributed by atoms with E-state index in [-0.39, 0.29) is 0 Å². The van der Waals surface area contributed by atoms with Gasteiger partial charge in [-0.3, -0.25) is 0 Å². The van der Waals surface area contributed by atoms with Crippen LogP contribution in [-0.2, 0) is 4.79 Å². The first-order valence-electron chi connectivity index (χ1n) is 5.13. The lowest BCUT2D eigenvalue weighted by Crippen LogP contribution is -2.55. The third-order valence-electron chi connectivity index (χ3n) is 3.11. The summed E-state index contributed by atoms with van der Waals surface area (Å²) in [6, 6.07) is 0. The second-order valence-electron chi connectivity index (χ2n) is 4.19. The van der Waals surface area contributed by atoms with Crippen LogP contribution in [0.5, 0.6) is 0 Å². The SMILES string of the molecule is O=C(O)C1=C(F)C2(F)C(F)=C(F)C(F)=C(F)C2(F)C(F)=C1F. The van der Waals surface area contributed by atoms with Crippen molar-refractivity contribution in [3.05, 3.63) is 46.4 Å². The highest BCUT2D eigenvalue weighted by Gasteiger charge is 2.74. The van der Waals surface area contributed by atoms with Crippen LogP contribution in [-0.4, -0.2) is 22.4 Å². The Balaban J connectivity index is 3.02. The average molecular weight is 336 g/mol. The molecular weight excluding hydrogens is 335 g/mol. The molecule has 0 radical (unpaired) electrons. The van der Waals surface area contributed by atoms with Gasteiger partial charge >= 0.3 is 5.97 Å². The lowest BCUT2D eigenvalue weighted by molar-refractivity contribution is -0.133. The Morgan fingerprint density at radius 2 is 1.00 bits per heavy atom. The zero-order valence-electron chi connectivity index (χ0n) is 9.76. The Kier molecular flexibility index (Phi) is 3.23. The Bertz CT molecular complexity index is 732. The number of carbonyl (C=O) groups is 1. The van der Waals surface area contributed by atoms with Gasteiger partial charge in [-0.15, -0.1) is 0 Å². The summed E-state index contributed by atoms with van der Waals surface area (Å²) < 4.78 is 122. The van der Waals surface area contributed by atoms with Crippen molar-refractivity contribution in [2.75, 3.05) is 0 Å². The highest BCUT2D eigenvalue weighted by molar-refractivity contribution is 5.93. The third kappa shape index (κ3) is 1.45. The van der Waals surface area contributed by atoms with E-state index in [2.05, 4.69) is 0 Å². The maximum Gasteiger partial charge on any atom is 0.341 e. The van der Waals surface area contributed by atoms with Crippen LogP contribution in [0.25, 0.3) is 0 Å². The first kappa shape index (κ1) is 16.2. The number of halogens is 9. The van der Waals surface area contributed by atoms with Crippen molar-refractivity contribution in [2.45, 2.75) is 11.3 Å². The van der Waals surface area contributed by atoms with Crippen LogP contribution >= 0.6 is 0 Å². The van der Waals surface area contributed by atoms with Crippen LogP contribution in [0.15, 0.2) is 46.4 Å². The molecule has 2 unspecified atom stereocenters. The molecule has 22 heavy (non-hydrogen) atoms. The lowest BCUT2D eigenvalue weighted by atomic mass is 9.73. The number of carboxylic acid groups (broad SMARTS) is 1. The summed E-state index contributed by atoms with van der Waals surface area (Å²) in [5, 5.41) is 8.42. The predicted octanol–water partition coefficient (Wildman–Crippen LogP) is 4.19. The summed E-state index contributed by atoms with van der Waals surface area (Å²) in [6.07, 6.45) is 0. The number of rotatable bonds is 1. The van der Waals surface area contributed by atoms with Crippen LogP contribution < -0.4 is 0 Å². The number of carboxylic acids is 1. The molecule has 0 saturated heterocycles. The number of fused-ring (bicyclic) bond motifs is 1. The topological polar surface area (TPSA) is 37.3 Å². The van der Waals surface area contributed by atoms with E-state index in [1.807, 2.05) is 0 Å². The molecule has 2 aliphatic carbocycles. The Labute approximate surface area is 114 Å². The fourth-order valence-corrected chi connectivity index (χ4v) is 2.01. The maximum absolute atomic E-state index is 14.3. The van der Waals surface area contributed by atoms with Gasteiger partial charge in [0.1, 0.15) is 5.57 Å². The summed E-state index contributed by atoms with van der Waals surface area (Å²) in [6.45, 7) is 0. The molecule has 11 heteroatoms. The van der Waals surface area contributed by atoms with Crippen LogP contribution in [0.3, 0.4) is 0 Å². The van der Waals surface area contributed by atoms with Crippen molar-refractivity contribution in [3.63, 3.8) is 0 Å². The first-order chi connectivity index (χ1) is 9.93. The molecule has 2 atom stereocenters. The number of hydrogen-bond acceptors (Lipinski definition) is 1. The third-order valence-corrected chi connectivity index (χ3v) is 3.11. The van der Waals surface area contributed by atoms with Gasteiger partial charge < -0.3 is 5.11 Å². The first-order valence-corrected chi connectivity index (χ1v) is 5.13. The number of hydrogen-bond donors (Lipinski definition) is 1. The van der Waals surface area contributed by atoms with E-state index in [1.165, 1.54) is 0 Å². The van der Waals surface area contributed by atoms with Crippen molar-refractivity contribution in [2.24, 2.45) is 0 Å². The standard InChI is InChI=1S/C11HF9O2/c12-2-1(9(21)22)5(15)10(19)7(17)3(13)4(14)8(18)11(10,20)6(2)16/h(H,21,22). The summed E-state index contributed by atoms with van der Waals surface area (Å²) in [7, 11) is 0. The highest BCUT2D eigenvalue weighted by Crippen LogP contribution is 2.61. The van der Waals surface area contributed by atoms with E-state index in [1.54, 1.807) is 0 Å². The molecular formula is C11HF9O2. The van der Waals surface area contributed by atoms with Gasteiger partial charge in [-0.25, -0.2) is 44.3 Å². The summed E-state index contributed by atoms with van der Waals surface area (Å²) in [5.74, 6) is -24.9. The number of aliphatic carboxylic acids is 1. The fourth-order valence-electron chi connectivity index (χ4n) is 2.01. The van der Waals surface area contributed by atoms with Gasteiger partial charge in [0.2, 0.25) is 0 Å². The highest BCUT2D eigenvalue weighted by atomic mass is 19.2. The van der Waals surface area contributed by atoms with Gasteiger partial charge in [0.05, 0.1) is 0 Å². The van der Waals surface area contributed by atoms with E-state index >= 15 is 0 Å². The van der Waals surface area contributed by atoms with Crippen molar-refractivity contribution >= 4 is 5.97 Å². The van der Waals surface area contributed by atoms with Crippen LogP contribution in [0.1, 0.15) is 0 Å². The fraction of sp³-hybridized carbons (Fsp3) is 0.182. The Hall–Kier alpha value is -2.20. The molecule has 0 amide bonds. The smallest absolute Gasteiger partial charge is 0.341 e. The van der Waals surface area contributed by atoms with E-state index in [0.717, 1.165) is 0 Å². The minimum Gasteiger partial charge on any atom is -0.477 e. The molecule has 0 fully saturated rings. The largest absolute Gasteiger partial charge is 0.477 e. The molecule has 2 nitrogen and oxygen atoms in total. The normalized spacial score (nSPS) is 32.8. The van der Waals surface area contributed by atoms with Crippen molar-refractivity contribution in [3.8, 4) is 0 Å². The second kappa shape index (κ2) is 4.40. The summed E-state index contributed by atoms with van der Waals surface area (Å²) in [4.78, 5) is 10.5. The molecule has 1 N–H and O–H groups in total. The van der Waals surface area contributed by atoms with Crippen LogP contribution in [0.4, 0.5) is 39.5 Å². The van der Waals surface area contributed by atoms with E-state index in [9.17, 15) is 44.3 Å². The maximum atomic E-state index is 14.3. The Morgan fingerprint density at radius 1 is 0.682 bits per heavy atom. The van der Waals surface area contributed by atoms with Gasteiger partial charge in [0, 0.05) is 0 Å². The van der Waals surface area contributed by atoms with Crippen molar-refractivity contribution in [1.82, 2.24) is 0 Å². The zero-order chi connectivity index (χ0) is 17.2. The number of allylic oxidation sites excluding steroid dienone is 6. The van der Waals surface area contributed by atoms with Gasteiger partial charge in [0.25, 0.3) is 11.3 Å². The molecule has 0 aromatic carbocycles. The monoisotopic (exact) mass is 336 g/mol. The molecule has 0 aromatic heterocycles. The molecule has 0 spiro atoms. The van der Waals surface area contributed by atoms with E-state index in [4.69, 9.17) is 5.11 Å². The minimum atomic E-state index is -5.40. The van der Waals surface area contributed by atoms with Crippen LogP contribution in [0, 0.1) is 0 Å². The molecule has 0 aliphatic heterocycles. The van der Waals surface area contributed by atoms with E-state index in [0.29, 0.717) is 0 Å². The molecule has 0 saturated carbocycles. The van der Waals surface area contributed by atoms with Crippen LogP contribution in [0.2, 0.25) is 0 Å². The molecule has 0 heterocycles. The van der Waals surface area contributed by atoms with Gasteiger partial charge in [-0.2, -0.15) is 0 Å². The van der Waals surface area contributed by atoms with Crippen molar-refractivity contribution < 1.29 is 49.4 Å². The van der Waals surface area contributed by atoms with E-state index < -0.39 is 63.7 Å². The molecule has 2 rings (SSSR count). The second-order valence-corrected chi connectivity index (χ2v) is 4.19. The molecule has 0 aromatic rings. The molecule has 120 valence electrons. The lowest BCUT2D eigenvalue weighted by Gasteiger charge is -2.39. The van der Waals surface area contributed by atoms with Gasteiger partial charge in [-0.05, 0) is 0 Å². The van der Waals surface area contributed by atoms with Gasteiger partial charge in [-0.1, -0.05) is 0 Å². The van der Waals surface area contributed by atoms with Gasteiger partial charge in [0.15, 0.2) is 40.8 Å². The zero-order valence-corrected chi connectivity index (χ0v) is 9.76. The Morgan fingerprint density at radius 3 is 1.36 bits per heavy atom. The predicted molar refractivity (Wildman–Crippen MR) is 51.2 cm³/mol.